The Morgan fingerprint density at radius 1 is 1.56 bits per heavy atom. The number of benzene rings is 1. The van der Waals surface area contributed by atoms with Crippen LogP contribution in [0.2, 0.25) is 5.02 Å². The standard InChI is InChI=1S/C12H11ClN2O2S/c13-7-1-4-10-9(5-7)15-12(17-10)18-6-11(16)14-8-2-3-8/h1,4-5,8H,2-3,6H2,(H,14,16). The van der Waals surface area contributed by atoms with Gasteiger partial charge in [0.1, 0.15) is 5.52 Å². The first-order valence-electron chi connectivity index (χ1n) is 5.69. The van der Waals surface area contributed by atoms with E-state index in [2.05, 4.69) is 10.3 Å². The third-order valence-electron chi connectivity index (χ3n) is 2.60. The molecule has 1 aliphatic rings. The molecule has 0 unspecified atom stereocenters. The van der Waals surface area contributed by atoms with Gasteiger partial charge in [0, 0.05) is 11.1 Å². The van der Waals surface area contributed by atoms with Gasteiger partial charge in [-0.3, -0.25) is 4.79 Å². The smallest absolute Gasteiger partial charge is 0.257 e. The molecule has 1 aliphatic carbocycles. The van der Waals surface area contributed by atoms with Crippen molar-refractivity contribution in [3.05, 3.63) is 23.2 Å². The lowest BCUT2D eigenvalue weighted by Crippen LogP contribution is -2.26. The summed E-state index contributed by atoms with van der Waals surface area (Å²) in [4.78, 5) is 15.8. The second-order valence-electron chi connectivity index (χ2n) is 4.22. The Labute approximate surface area is 113 Å². The highest BCUT2D eigenvalue weighted by molar-refractivity contribution is 7.99. The normalized spacial score (nSPS) is 14.9. The van der Waals surface area contributed by atoms with Crippen LogP contribution >= 0.6 is 23.4 Å². The van der Waals surface area contributed by atoms with E-state index in [-0.39, 0.29) is 5.91 Å². The van der Waals surface area contributed by atoms with E-state index in [4.69, 9.17) is 16.0 Å². The molecule has 1 aromatic heterocycles. The van der Waals surface area contributed by atoms with Gasteiger partial charge in [-0.05, 0) is 31.0 Å². The van der Waals surface area contributed by atoms with E-state index >= 15 is 0 Å². The van der Waals surface area contributed by atoms with Gasteiger partial charge in [0.05, 0.1) is 5.75 Å². The Bertz CT molecular complexity index is 595. The van der Waals surface area contributed by atoms with Gasteiger partial charge in [-0.1, -0.05) is 23.4 Å². The SMILES string of the molecule is O=C(CSc1nc2cc(Cl)ccc2o1)NC1CC1. The lowest BCUT2D eigenvalue weighted by Gasteiger charge is -1.99. The number of aromatic nitrogens is 1. The minimum Gasteiger partial charge on any atom is -0.431 e. The number of fused-ring (bicyclic) bond motifs is 1. The summed E-state index contributed by atoms with van der Waals surface area (Å²) >= 11 is 7.16. The average molecular weight is 283 g/mol. The number of carbonyl (C=O) groups is 1. The first-order chi connectivity index (χ1) is 8.70. The number of nitrogens with one attached hydrogen (secondary N) is 1. The second kappa shape index (κ2) is 4.82. The fourth-order valence-corrected chi connectivity index (χ4v) is 2.38. The zero-order valence-corrected chi connectivity index (χ0v) is 11.1. The minimum absolute atomic E-state index is 0.0304. The van der Waals surface area contributed by atoms with Gasteiger partial charge >= 0.3 is 0 Å². The average Bonchev–Trinajstić information content (AvgIpc) is 3.04. The highest BCUT2D eigenvalue weighted by atomic mass is 35.5. The van der Waals surface area contributed by atoms with Crippen molar-refractivity contribution >= 4 is 40.4 Å². The predicted octanol–water partition coefficient (Wildman–Crippen LogP) is 2.85. The summed E-state index contributed by atoms with van der Waals surface area (Å²) in [7, 11) is 0. The molecule has 2 aromatic rings. The molecule has 1 N–H and O–H groups in total. The Balaban J connectivity index is 1.64. The summed E-state index contributed by atoms with van der Waals surface area (Å²) in [5.74, 6) is 0.361. The molecule has 4 nitrogen and oxygen atoms in total. The Hall–Kier alpha value is -1.20. The number of hydrogen-bond acceptors (Lipinski definition) is 4. The predicted molar refractivity (Wildman–Crippen MR) is 70.9 cm³/mol. The largest absolute Gasteiger partial charge is 0.431 e. The molecule has 3 rings (SSSR count). The summed E-state index contributed by atoms with van der Waals surface area (Å²) < 4.78 is 5.51. The van der Waals surface area contributed by atoms with Gasteiger partial charge in [0.25, 0.3) is 5.22 Å². The van der Waals surface area contributed by atoms with Crippen molar-refractivity contribution in [2.75, 3.05) is 5.75 Å². The number of rotatable bonds is 4. The molecule has 6 heteroatoms. The van der Waals surface area contributed by atoms with Crippen LogP contribution in [0, 0.1) is 0 Å². The van der Waals surface area contributed by atoms with Crippen molar-refractivity contribution in [1.82, 2.24) is 10.3 Å². The molecule has 0 radical (unpaired) electrons. The van der Waals surface area contributed by atoms with Gasteiger partial charge in [0.2, 0.25) is 5.91 Å². The number of hydrogen-bond donors (Lipinski definition) is 1. The Morgan fingerprint density at radius 3 is 3.17 bits per heavy atom. The lowest BCUT2D eigenvalue weighted by molar-refractivity contribution is -0.118. The molecule has 94 valence electrons. The van der Waals surface area contributed by atoms with E-state index in [0.29, 0.717) is 33.1 Å². The number of nitrogens with zero attached hydrogens (tertiary/aromatic N) is 1. The molecular weight excluding hydrogens is 272 g/mol. The monoisotopic (exact) mass is 282 g/mol. The third-order valence-corrected chi connectivity index (χ3v) is 3.66. The number of oxazole rings is 1. The van der Waals surface area contributed by atoms with Crippen LogP contribution in [-0.2, 0) is 4.79 Å². The lowest BCUT2D eigenvalue weighted by atomic mass is 10.3. The fraction of sp³-hybridized carbons (Fsp3) is 0.333. The zero-order valence-electron chi connectivity index (χ0n) is 9.48. The van der Waals surface area contributed by atoms with E-state index in [9.17, 15) is 4.79 Å². The van der Waals surface area contributed by atoms with Crippen LogP contribution in [0.4, 0.5) is 0 Å². The summed E-state index contributed by atoms with van der Waals surface area (Å²) in [5, 5.41) is 4.04. The van der Waals surface area contributed by atoms with E-state index in [0.717, 1.165) is 12.8 Å². The van der Waals surface area contributed by atoms with E-state index in [1.165, 1.54) is 11.8 Å². The van der Waals surface area contributed by atoms with Crippen LogP contribution in [0.1, 0.15) is 12.8 Å². The van der Waals surface area contributed by atoms with E-state index in [1.54, 1.807) is 18.2 Å². The first kappa shape index (κ1) is 11.9. The topological polar surface area (TPSA) is 55.1 Å². The molecule has 0 spiro atoms. The molecular formula is C12H11ClN2O2S. The van der Waals surface area contributed by atoms with Gasteiger partial charge in [-0.2, -0.15) is 0 Å². The molecule has 18 heavy (non-hydrogen) atoms. The number of amides is 1. The van der Waals surface area contributed by atoms with Gasteiger partial charge < -0.3 is 9.73 Å². The molecule has 0 saturated heterocycles. The quantitative estimate of drug-likeness (QED) is 0.876. The highest BCUT2D eigenvalue weighted by Gasteiger charge is 2.23. The molecule has 1 heterocycles. The van der Waals surface area contributed by atoms with Gasteiger partial charge in [-0.15, -0.1) is 0 Å². The van der Waals surface area contributed by atoms with Crippen LogP contribution in [0.5, 0.6) is 0 Å². The Kier molecular flexibility index (Phi) is 3.18. The summed E-state index contributed by atoms with van der Waals surface area (Å²) in [6, 6.07) is 5.66. The van der Waals surface area contributed by atoms with E-state index < -0.39 is 0 Å². The maximum atomic E-state index is 11.5. The zero-order chi connectivity index (χ0) is 12.5. The third kappa shape index (κ3) is 2.79. The van der Waals surface area contributed by atoms with Crippen molar-refractivity contribution in [3.8, 4) is 0 Å². The van der Waals surface area contributed by atoms with Crippen LogP contribution < -0.4 is 5.32 Å². The molecule has 0 atom stereocenters. The maximum absolute atomic E-state index is 11.5. The van der Waals surface area contributed by atoms with Crippen molar-refractivity contribution in [2.45, 2.75) is 24.1 Å². The highest BCUT2D eigenvalue weighted by Crippen LogP contribution is 2.25. The maximum Gasteiger partial charge on any atom is 0.257 e. The second-order valence-corrected chi connectivity index (χ2v) is 5.59. The summed E-state index contributed by atoms with van der Waals surface area (Å²) in [6.07, 6.45) is 2.19. The van der Waals surface area contributed by atoms with E-state index in [1.807, 2.05) is 0 Å². The number of thioether (sulfide) groups is 1. The minimum atomic E-state index is 0.0304. The van der Waals surface area contributed by atoms with Crippen LogP contribution in [0.15, 0.2) is 27.8 Å². The first-order valence-corrected chi connectivity index (χ1v) is 7.05. The van der Waals surface area contributed by atoms with Crippen LogP contribution in [0.3, 0.4) is 0 Å². The van der Waals surface area contributed by atoms with Crippen molar-refractivity contribution in [2.24, 2.45) is 0 Å². The van der Waals surface area contributed by atoms with Crippen LogP contribution in [0.25, 0.3) is 11.1 Å². The Morgan fingerprint density at radius 2 is 2.39 bits per heavy atom. The molecule has 1 fully saturated rings. The number of carbonyl (C=O) groups excluding carboxylic acids is 1. The molecule has 0 bridgehead atoms. The summed E-state index contributed by atoms with van der Waals surface area (Å²) in [6.45, 7) is 0. The van der Waals surface area contributed by atoms with Gasteiger partial charge in [-0.25, -0.2) is 4.98 Å². The number of halogens is 1. The van der Waals surface area contributed by atoms with Crippen molar-refractivity contribution < 1.29 is 9.21 Å². The molecule has 1 aromatic carbocycles. The molecule has 1 amide bonds. The van der Waals surface area contributed by atoms with Crippen LogP contribution in [-0.4, -0.2) is 22.7 Å². The molecule has 0 aliphatic heterocycles. The fourth-order valence-electron chi connectivity index (χ4n) is 1.57. The van der Waals surface area contributed by atoms with Crippen molar-refractivity contribution in [3.63, 3.8) is 0 Å². The summed E-state index contributed by atoms with van der Waals surface area (Å²) in [5.41, 5.74) is 1.40. The molecule has 1 saturated carbocycles. The van der Waals surface area contributed by atoms with Gasteiger partial charge in [0.15, 0.2) is 5.58 Å². The van der Waals surface area contributed by atoms with Crippen molar-refractivity contribution in [1.29, 1.82) is 0 Å².